The first-order chi connectivity index (χ1) is 17.2. The van der Waals surface area contributed by atoms with Gasteiger partial charge in [-0.3, -0.25) is 9.59 Å². The Labute approximate surface area is 221 Å². The van der Waals surface area contributed by atoms with Crippen LogP contribution in [0.25, 0.3) is 0 Å². The zero-order valence-corrected chi connectivity index (χ0v) is 22.6. The van der Waals surface area contributed by atoms with E-state index in [1.54, 1.807) is 18.2 Å². The number of rotatable bonds is 4. The maximum atomic E-state index is 14.7. The van der Waals surface area contributed by atoms with E-state index in [0.717, 1.165) is 25.0 Å². The van der Waals surface area contributed by atoms with Gasteiger partial charge in [0.25, 0.3) is 0 Å². The average molecular weight is 530 g/mol. The van der Waals surface area contributed by atoms with Crippen molar-refractivity contribution in [2.24, 2.45) is 10.8 Å². The summed E-state index contributed by atoms with van der Waals surface area (Å²) in [5, 5.41) is 9.95. The Balaban J connectivity index is 1.68. The van der Waals surface area contributed by atoms with Crippen LogP contribution >= 0.6 is 11.6 Å². The van der Waals surface area contributed by atoms with Gasteiger partial charge in [0.15, 0.2) is 11.6 Å². The van der Waals surface area contributed by atoms with Crippen molar-refractivity contribution in [2.45, 2.75) is 83.3 Å². The molecule has 2 aromatic carbocycles. The van der Waals surface area contributed by atoms with Crippen LogP contribution in [0, 0.1) is 22.5 Å². The number of benzene rings is 2. The van der Waals surface area contributed by atoms with Gasteiger partial charge in [0, 0.05) is 34.8 Å². The Morgan fingerprint density at radius 2 is 1.81 bits per heavy atom. The summed E-state index contributed by atoms with van der Waals surface area (Å²) in [6, 6.07) is 8.02. The molecule has 1 aliphatic carbocycles. The first-order valence-corrected chi connectivity index (χ1v) is 13.2. The third-order valence-electron chi connectivity index (χ3n) is 8.14. The summed E-state index contributed by atoms with van der Waals surface area (Å²) >= 11 is 6.39. The van der Waals surface area contributed by atoms with E-state index in [0.29, 0.717) is 22.6 Å². The molecule has 0 bridgehead atoms. The van der Waals surface area contributed by atoms with Gasteiger partial charge in [-0.15, -0.1) is 0 Å². The van der Waals surface area contributed by atoms with Crippen LogP contribution < -0.4 is 16.0 Å². The van der Waals surface area contributed by atoms with E-state index < -0.39 is 35.1 Å². The summed E-state index contributed by atoms with van der Waals surface area (Å²) < 4.78 is 29.0. The monoisotopic (exact) mass is 529 g/mol. The third-order valence-corrected chi connectivity index (χ3v) is 8.37. The van der Waals surface area contributed by atoms with Crippen molar-refractivity contribution in [3.63, 3.8) is 0 Å². The maximum absolute atomic E-state index is 14.7. The van der Waals surface area contributed by atoms with Gasteiger partial charge in [-0.2, -0.15) is 0 Å². The SMILES string of the molecule is CC(C)(C)C[C@@H]1N[C@@H](C(=O)NC2CC(C)(C)C2)[C@H](c2cccc(Cl)c2)[C@]12C(=O)Nc1cc(F)c(F)cc12. The number of hydrogen-bond donors (Lipinski definition) is 3. The molecular formula is C29H34ClF2N3O2. The normalized spacial score (nSPS) is 28.6. The number of hydrogen-bond acceptors (Lipinski definition) is 3. The van der Waals surface area contributed by atoms with Gasteiger partial charge in [0.05, 0.1) is 6.04 Å². The van der Waals surface area contributed by atoms with E-state index in [9.17, 15) is 18.4 Å². The van der Waals surface area contributed by atoms with Crippen LogP contribution in [0.5, 0.6) is 0 Å². The van der Waals surface area contributed by atoms with Crippen LogP contribution in [0.3, 0.4) is 0 Å². The number of amides is 2. The smallest absolute Gasteiger partial charge is 0.238 e. The fourth-order valence-electron chi connectivity index (χ4n) is 6.80. The number of halogens is 3. The largest absolute Gasteiger partial charge is 0.352 e. The molecule has 1 saturated carbocycles. The minimum absolute atomic E-state index is 0.0539. The highest BCUT2D eigenvalue weighted by molar-refractivity contribution is 6.30. The Morgan fingerprint density at radius 1 is 1.14 bits per heavy atom. The summed E-state index contributed by atoms with van der Waals surface area (Å²) in [4.78, 5) is 27.9. The quantitative estimate of drug-likeness (QED) is 0.477. The Morgan fingerprint density at radius 3 is 2.43 bits per heavy atom. The van der Waals surface area contributed by atoms with Crippen molar-refractivity contribution in [2.75, 3.05) is 5.32 Å². The van der Waals surface area contributed by atoms with Crippen LogP contribution in [-0.2, 0) is 15.0 Å². The van der Waals surface area contributed by atoms with Gasteiger partial charge in [-0.05, 0) is 59.4 Å². The highest BCUT2D eigenvalue weighted by Gasteiger charge is 2.66. The van der Waals surface area contributed by atoms with Gasteiger partial charge in [0.2, 0.25) is 11.8 Å². The average Bonchev–Trinajstić information content (AvgIpc) is 3.22. The highest BCUT2D eigenvalue weighted by atomic mass is 35.5. The van der Waals surface area contributed by atoms with Crippen LogP contribution in [0.15, 0.2) is 36.4 Å². The summed E-state index contributed by atoms with van der Waals surface area (Å²) in [6.07, 6.45) is 2.27. The van der Waals surface area contributed by atoms with Crippen LogP contribution in [0.1, 0.15) is 70.9 Å². The first-order valence-electron chi connectivity index (χ1n) is 12.8. The summed E-state index contributed by atoms with van der Waals surface area (Å²) in [7, 11) is 0. The van der Waals surface area contributed by atoms with E-state index in [1.807, 2.05) is 6.07 Å². The van der Waals surface area contributed by atoms with Crippen LogP contribution in [-0.4, -0.2) is 29.9 Å². The number of carbonyl (C=O) groups excluding carboxylic acids is 2. The Bertz CT molecular complexity index is 1270. The fourth-order valence-corrected chi connectivity index (χ4v) is 7.00. The van der Waals surface area contributed by atoms with Gasteiger partial charge >= 0.3 is 0 Å². The fraction of sp³-hybridized carbons (Fsp3) is 0.517. The lowest BCUT2D eigenvalue weighted by Gasteiger charge is -2.43. The molecule has 1 saturated heterocycles. The summed E-state index contributed by atoms with van der Waals surface area (Å²) in [5.41, 5.74) is -0.105. The van der Waals surface area contributed by atoms with Crippen molar-refractivity contribution < 1.29 is 18.4 Å². The molecule has 4 atom stereocenters. The van der Waals surface area contributed by atoms with Gasteiger partial charge in [-0.1, -0.05) is 58.4 Å². The molecular weight excluding hydrogens is 496 g/mol. The molecule has 3 aliphatic rings. The second-order valence-electron chi connectivity index (χ2n) is 12.9. The second kappa shape index (κ2) is 8.77. The summed E-state index contributed by atoms with van der Waals surface area (Å²) in [6.45, 7) is 10.5. The number of nitrogens with one attached hydrogen (secondary N) is 3. The van der Waals surface area contributed by atoms with Gasteiger partial charge in [-0.25, -0.2) is 8.78 Å². The molecule has 2 aliphatic heterocycles. The maximum Gasteiger partial charge on any atom is 0.238 e. The van der Waals surface area contributed by atoms with Crippen molar-refractivity contribution in [1.82, 2.24) is 10.6 Å². The number of fused-ring (bicyclic) bond motifs is 2. The lowest BCUT2D eigenvalue weighted by Crippen LogP contribution is -2.54. The molecule has 2 heterocycles. The van der Waals surface area contributed by atoms with E-state index in [1.165, 1.54) is 0 Å². The van der Waals surface area contributed by atoms with Crippen molar-refractivity contribution in [3.05, 3.63) is 64.2 Å². The molecule has 198 valence electrons. The highest BCUT2D eigenvalue weighted by Crippen LogP contribution is 2.57. The molecule has 37 heavy (non-hydrogen) atoms. The predicted molar refractivity (Wildman–Crippen MR) is 141 cm³/mol. The molecule has 0 radical (unpaired) electrons. The molecule has 8 heteroatoms. The molecule has 0 unspecified atom stereocenters. The van der Waals surface area contributed by atoms with Crippen molar-refractivity contribution in [1.29, 1.82) is 0 Å². The lowest BCUT2D eigenvalue weighted by molar-refractivity contribution is -0.125. The molecule has 2 aromatic rings. The predicted octanol–water partition coefficient (Wildman–Crippen LogP) is 5.67. The van der Waals surface area contributed by atoms with Gasteiger partial charge < -0.3 is 16.0 Å². The molecule has 5 rings (SSSR count). The molecule has 2 amide bonds. The molecule has 0 aromatic heterocycles. The number of carbonyl (C=O) groups is 2. The van der Waals surface area contributed by atoms with Gasteiger partial charge in [0.1, 0.15) is 5.41 Å². The molecule has 5 nitrogen and oxygen atoms in total. The first kappa shape index (κ1) is 26.1. The molecule has 1 spiro atoms. The van der Waals surface area contributed by atoms with E-state index >= 15 is 0 Å². The lowest BCUT2D eigenvalue weighted by atomic mass is 9.62. The third kappa shape index (κ3) is 4.44. The van der Waals surface area contributed by atoms with E-state index in [4.69, 9.17) is 11.6 Å². The minimum Gasteiger partial charge on any atom is -0.352 e. The molecule has 3 N–H and O–H groups in total. The zero-order chi connectivity index (χ0) is 26.9. The Hall–Kier alpha value is -2.51. The minimum atomic E-state index is -1.34. The number of anilines is 1. The van der Waals surface area contributed by atoms with E-state index in [2.05, 4.69) is 50.6 Å². The zero-order valence-electron chi connectivity index (χ0n) is 21.8. The van der Waals surface area contributed by atoms with Crippen LogP contribution in [0.2, 0.25) is 5.02 Å². The van der Waals surface area contributed by atoms with Crippen molar-refractivity contribution >= 4 is 29.1 Å². The summed E-state index contributed by atoms with van der Waals surface area (Å²) in [5.74, 6) is -3.34. The second-order valence-corrected chi connectivity index (χ2v) is 13.3. The van der Waals surface area contributed by atoms with Crippen molar-refractivity contribution in [3.8, 4) is 0 Å². The van der Waals surface area contributed by atoms with Crippen LogP contribution in [0.4, 0.5) is 14.5 Å². The Kier molecular flexibility index (Phi) is 6.19. The van der Waals surface area contributed by atoms with E-state index in [-0.39, 0.29) is 34.4 Å². The topological polar surface area (TPSA) is 70.2 Å². The standard InChI is InChI=1S/C29H34ClF2N3O2/c1-27(2,3)14-22-29(18-10-19(31)20(32)11-21(18)34-26(29)37)23(15-7-6-8-16(30)9-15)24(35-22)25(36)33-17-12-28(4,5)13-17/h6-11,17,22-24,35H,12-14H2,1-5H3,(H,33,36)(H,34,37)/t22-,23-,24+,29+/m0/s1. The molecule has 2 fully saturated rings.